The number of aromatic nitrogens is 2. The Morgan fingerprint density at radius 1 is 1.00 bits per heavy atom. The molecule has 7 heteroatoms. The molecule has 5 nitrogen and oxygen atoms in total. The molecule has 0 aliphatic carbocycles. The number of halogens is 1. The van der Waals surface area contributed by atoms with Crippen molar-refractivity contribution in [2.24, 2.45) is 0 Å². The summed E-state index contributed by atoms with van der Waals surface area (Å²) in [4.78, 5) is 4.70. The van der Waals surface area contributed by atoms with Crippen LogP contribution in [0.25, 0.3) is 22.2 Å². The molecule has 2 aromatic heterocycles. The second-order valence-corrected chi connectivity index (χ2v) is 8.89. The first-order valence-corrected chi connectivity index (χ1v) is 10.6. The molecule has 27 heavy (non-hydrogen) atoms. The third-order valence-electron chi connectivity index (χ3n) is 4.29. The monoisotopic (exact) mass is 490 g/mol. The van der Waals surface area contributed by atoms with Gasteiger partial charge >= 0.3 is 0 Å². The summed E-state index contributed by atoms with van der Waals surface area (Å²) in [5.74, 6) is 0.780. The van der Waals surface area contributed by atoms with Crippen LogP contribution in [0.15, 0.2) is 78.0 Å². The van der Waals surface area contributed by atoms with Crippen molar-refractivity contribution in [2.45, 2.75) is 4.90 Å². The summed E-state index contributed by atoms with van der Waals surface area (Å²) in [6, 6.07) is 18.0. The van der Waals surface area contributed by atoms with Crippen molar-refractivity contribution in [1.29, 1.82) is 0 Å². The lowest BCUT2D eigenvalue weighted by Crippen LogP contribution is -2.12. The Hall–Kier alpha value is -2.39. The van der Waals surface area contributed by atoms with Crippen molar-refractivity contribution >= 4 is 43.6 Å². The molecule has 136 valence electrons. The smallest absolute Gasteiger partial charge is 0.269 e. The van der Waals surface area contributed by atoms with Crippen LogP contribution in [-0.4, -0.2) is 24.5 Å². The number of benzene rings is 2. The van der Waals surface area contributed by atoms with Gasteiger partial charge in [-0.2, -0.15) is 0 Å². The molecule has 0 atom stereocenters. The minimum absolute atomic E-state index is 0.235. The number of hydrogen-bond donors (Lipinski definition) is 0. The highest BCUT2D eigenvalue weighted by Gasteiger charge is 2.21. The fourth-order valence-corrected chi connectivity index (χ4v) is 5.08. The molecule has 0 spiro atoms. The maximum Gasteiger partial charge on any atom is 0.269 e. The Kier molecular flexibility index (Phi) is 4.65. The van der Waals surface area contributed by atoms with E-state index in [2.05, 4.69) is 27.6 Å². The van der Waals surface area contributed by atoms with Crippen LogP contribution in [0.3, 0.4) is 0 Å². The average Bonchev–Trinajstić information content (AvgIpc) is 3.05. The summed E-state index contributed by atoms with van der Waals surface area (Å²) in [7, 11) is -2.07. The van der Waals surface area contributed by atoms with E-state index in [0.29, 0.717) is 5.65 Å². The summed E-state index contributed by atoms with van der Waals surface area (Å²) >= 11 is 2.14. The van der Waals surface area contributed by atoms with Crippen molar-refractivity contribution < 1.29 is 13.2 Å². The maximum absolute atomic E-state index is 13.0. The fraction of sp³-hybridized carbons (Fsp3) is 0.0500. The van der Waals surface area contributed by atoms with Crippen LogP contribution in [0.4, 0.5) is 0 Å². The van der Waals surface area contributed by atoms with Gasteiger partial charge in [0.2, 0.25) is 0 Å². The van der Waals surface area contributed by atoms with Crippen molar-refractivity contribution in [2.75, 3.05) is 7.11 Å². The van der Waals surface area contributed by atoms with Gasteiger partial charge in [-0.15, -0.1) is 0 Å². The second kappa shape index (κ2) is 6.97. The van der Waals surface area contributed by atoms with Crippen LogP contribution < -0.4 is 4.74 Å². The van der Waals surface area contributed by atoms with Crippen LogP contribution in [0.1, 0.15) is 0 Å². The van der Waals surface area contributed by atoms with Crippen LogP contribution in [-0.2, 0) is 10.0 Å². The Morgan fingerprint density at radius 3 is 2.37 bits per heavy atom. The zero-order chi connectivity index (χ0) is 19.0. The Labute approximate surface area is 170 Å². The normalized spacial score (nSPS) is 11.6. The number of pyridine rings is 1. The van der Waals surface area contributed by atoms with Gasteiger partial charge in [0.15, 0.2) is 5.65 Å². The van der Waals surface area contributed by atoms with Crippen LogP contribution >= 0.6 is 22.6 Å². The van der Waals surface area contributed by atoms with E-state index in [1.165, 1.54) is 3.97 Å². The molecule has 0 bridgehead atoms. The van der Waals surface area contributed by atoms with E-state index in [4.69, 9.17) is 4.74 Å². The van der Waals surface area contributed by atoms with Crippen molar-refractivity contribution in [3.8, 4) is 16.9 Å². The van der Waals surface area contributed by atoms with Gasteiger partial charge in [0.25, 0.3) is 10.0 Å². The first-order valence-electron chi connectivity index (χ1n) is 8.12. The standard InChI is InChI=1S/C20H15IN2O3S/c1-26-16-9-7-14(8-10-16)15-11-18-19(21)13-23(20(18)22-12-15)27(24,25)17-5-3-2-4-6-17/h2-13H,1H3. The van der Waals surface area contributed by atoms with Gasteiger partial charge in [0.1, 0.15) is 5.75 Å². The van der Waals surface area contributed by atoms with E-state index in [0.717, 1.165) is 25.8 Å². The van der Waals surface area contributed by atoms with Gasteiger partial charge in [-0.05, 0) is 58.5 Å². The minimum Gasteiger partial charge on any atom is -0.497 e. The second-order valence-electron chi connectivity index (χ2n) is 5.91. The molecule has 0 saturated heterocycles. The van der Waals surface area contributed by atoms with Gasteiger partial charge in [-0.25, -0.2) is 17.4 Å². The topological polar surface area (TPSA) is 61.2 Å². The van der Waals surface area contributed by atoms with E-state index >= 15 is 0 Å². The first kappa shape index (κ1) is 18.0. The van der Waals surface area contributed by atoms with E-state index in [9.17, 15) is 8.42 Å². The maximum atomic E-state index is 13.0. The summed E-state index contributed by atoms with van der Waals surface area (Å²) in [5.41, 5.74) is 2.32. The van der Waals surface area contributed by atoms with Crippen molar-refractivity contribution in [3.63, 3.8) is 0 Å². The number of ether oxygens (including phenoxy) is 1. The number of methoxy groups -OCH3 is 1. The van der Waals surface area contributed by atoms with Crippen LogP contribution in [0.2, 0.25) is 0 Å². The molecule has 0 amide bonds. The lowest BCUT2D eigenvalue weighted by atomic mass is 10.1. The third kappa shape index (κ3) is 3.21. The van der Waals surface area contributed by atoms with E-state index in [1.807, 2.05) is 30.3 Å². The van der Waals surface area contributed by atoms with Crippen LogP contribution in [0.5, 0.6) is 5.75 Å². The number of rotatable bonds is 4. The average molecular weight is 490 g/mol. The Morgan fingerprint density at radius 2 is 1.70 bits per heavy atom. The highest BCUT2D eigenvalue weighted by Crippen LogP contribution is 2.30. The lowest BCUT2D eigenvalue weighted by Gasteiger charge is -2.07. The minimum atomic E-state index is -3.70. The third-order valence-corrected chi connectivity index (χ3v) is 6.81. The molecule has 0 radical (unpaired) electrons. The van der Waals surface area contributed by atoms with E-state index in [1.54, 1.807) is 49.8 Å². The van der Waals surface area contributed by atoms with Gasteiger partial charge in [0.05, 0.1) is 12.0 Å². The molecule has 4 aromatic rings. The van der Waals surface area contributed by atoms with Gasteiger partial charge in [0, 0.05) is 26.9 Å². The molecule has 2 aromatic carbocycles. The summed E-state index contributed by atoms with van der Waals surface area (Å²) in [6.07, 6.45) is 3.30. The lowest BCUT2D eigenvalue weighted by molar-refractivity contribution is 0.415. The zero-order valence-corrected chi connectivity index (χ0v) is 17.3. The number of hydrogen-bond acceptors (Lipinski definition) is 4. The summed E-state index contributed by atoms with van der Waals surface area (Å²) < 4.78 is 33.2. The molecule has 2 heterocycles. The molecule has 0 fully saturated rings. The predicted molar refractivity (Wildman–Crippen MR) is 113 cm³/mol. The van der Waals surface area contributed by atoms with E-state index in [-0.39, 0.29) is 4.90 Å². The zero-order valence-electron chi connectivity index (χ0n) is 14.3. The molecular formula is C20H15IN2O3S. The van der Waals surface area contributed by atoms with Gasteiger partial charge < -0.3 is 4.74 Å². The van der Waals surface area contributed by atoms with Crippen molar-refractivity contribution in [3.05, 3.63) is 76.6 Å². The van der Waals surface area contributed by atoms with E-state index < -0.39 is 10.0 Å². The molecule has 0 N–H and O–H groups in total. The highest BCUT2D eigenvalue weighted by molar-refractivity contribution is 14.1. The Bertz CT molecular complexity index is 1220. The molecule has 0 aliphatic rings. The molecule has 0 aliphatic heterocycles. The first-order chi connectivity index (χ1) is 13.0. The van der Waals surface area contributed by atoms with Gasteiger partial charge in [-0.1, -0.05) is 30.3 Å². The van der Waals surface area contributed by atoms with Crippen molar-refractivity contribution in [1.82, 2.24) is 8.96 Å². The highest BCUT2D eigenvalue weighted by atomic mass is 127. The molecular weight excluding hydrogens is 475 g/mol. The summed E-state index contributed by atoms with van der Waals surface area (Å²) in [5, 5.41) is 0.795. The number of fused-ring (bicyclic) bond motifs is 1. The molecule has 4 rings (SSSR count). The summed E-state index contributed by atoms with van der Waals surface area (Å²) in [6.45, 7) is 0. The largest absolute Gasteiger partial charge is 0.497 e. The SMILES string of the molecule is COc1ccc(-c2cnc3c(c2)c(I)cn3S(=O)(=O)c2ccccc2)cc1. The quantitative estimate of drug-likeness (QED) is 0.394. The van der Waals surface area contributed by atoms with Crippen LogP contribution in [0, 0.1) is 3.57 Å². The molecule has 0 unspecified atom stereocenters. The number of nitrogens with zero attached hydrogens (tertiary/aromatic N) is 2. The molecule has 0 saturated carbocycles. The predicted octanol–water partition coefficient (Wildman–Crippen LogP) is 4.55. The Balaban J connectivity index is 1.84. The fourth-order valence-electron chi connectivity index (χ4n) is 2.87. The van der Waals surface area contributed by atoms with Gasteiger partial charge in [-0.3, -0.25) is 0 Å².